The van der Waals surface area contributed by atoms with Crippen LogP contribution >= 0.6 is 23.4 Å². The molecule has 0 radical (unpaired) electrons. The van der Waals surface area contributed by atoms with Crippen LogP contribution < -0.4 is 4.74 Å². The number of nitrogens with zero attached hydrogens (tertiary/aromatic N) is 4. The van der Waals surface area contributed by atoms with Crippen molar-refractivity contribution >= 4 is 23.4 Å². The highest BCUT2D eigenvalue weighted by atomic mass is 35.5. The van der Waals surface area contributed by atoms with Crippen molar-refractivity contribution in [1.82, 2.24) is 19.7 Å². The second kappa shape index (κ2) is 7.02. The van der Waals surface area contributed by atoms with Gasteiger partial charge in [0.25, 0.3) is 0 Å². The van der Waals surface area contributed by atoms with Gasteiger partial charge in [0.05, 0.1) is 12.7 Å². The number of methoxy groups -OCH3 is 1. The third kappa shape index (κ3) is 3.48. The van der Waals surface area contributed by atoms with Crippen molar-refractivity contribution in [2.75, 3.05) is 7.11 Å². The molecule has 0 N–H and O–H groups in total. The van der Waals surface area contributed by atoms with Gasteiger partial charge in [0.1, 0.15) is 10.9 Å². The molecule has 2 aromatic heterocycles. The number of rotatable bonds is 5. The Morgan fingerprint density at radius 1 is 1.17 bits per heavy atom. The van der Waals surface area contributed by atoms with Gasteiger partial charge in [-0.05, 0) is 23.8 Å². The van der Waals surface area contributed by atoms with E-state index in [2.05, 4.69) is 15.2 Å². The van der Waals surface area contributed by atoms with Gasteiger partial charge in [0.2, 0.25) is 0 Å². The van der Waals surface area contributed by atoms with E-state index in [9.17, 15) is 0 Å². The van der Waals surface area contributed by atoms with E-state index in [1.165, 1.54) is 0 Å². The molecular formula is C16H15ClN4OS. The number of hydrogen-bond acceptors (Lipinski definition) is 5. The molecule has 3 aromatic rings. The minimum absolute atomic E-state index is 0.496. The van der Waals surface area contributed by atoms with Crippen molar-refractivity contribution in [2.24, 2.45) is 7.05 Å². The molecule has 0 fully saturated rings. The molecule has 2 heterocycles. The first-order chi connectivity index (χ1) is 11.2. The van der Waals surface area contributed by atoms with Gasteiger partial charge in [-0.3, -0.25) is 0 Å². The fourth-order valence-electron chi connectivity index (χ4n) is 2.14. The minimum Gasteiger partial charge on any atom is -0.496 e. The van der Waals surface area contributed by atoms with E-state index in [4.69, 9.17) is 16.3 Å². The summed E-state index contributed by atoms with van der Waals surface area (Å²) in [6, 6.07) is 11.5. The van der Waals surface area contributed by atoms with Gasteiger partial charge in [-0.2, -0.15) is 0 Å². The Balaban J connectivity index is 1.80. The zero-order chi connectivity index (χ0) is 16.2. The molecule has 0 saturated carbocycles. The lowest BCUT2D eigenvalue weighted by Crippen LogP contribution is -1.97. The average Bonchev–Trinajstić information content (AvgIpc) is 2.95. The molecule has 1 aromatic carbocycles. The number of hydrogen-bond donors (Lipinski definition) is 0. The zero-order valence-electron chi connectivity index (χ0n) is 12.7. The second-order valence-electron chi connectivity index (χ2n) is 4.84. The van der Waals surface area contributed by atoms with Crippen molar-refractivity contribution in [3.8, 4) is 17.1 Å². The monoisotopic (exact) mass is 346 g/mol. The highest BCUT2D eigenvalue weighted by Crippen LogP contribution is 2.30. The van der Waals surface area contributed by atoms with Crippen molar-refractivity contribution in [1.29, 1.82) is 0 Å². The van der Waals surface area contributed by atoms with Gasteiger partial charge in [0, 0.05) is 19.0 Å². The van der Waals surface area contributed by atoms with Crippen molar-refractivity contribution in [3.63, 3.8) is 0 Å². The van der Waals surface area contributed by atoms with Crippen LogP contribution in [0.25, 0.3) is 11.4 Å². The van der Waals surface area contributed by atoms with E-state index < -0.39 is 0 Å². The van der Waals surface area contributed by atoms with Crippen LogP contribution in [0, 0.1) is 0 Å². The van der Waals surface area contributed by atoms with Crippen molar-refractivity contribution in [3.05, 3.63) is 53.3 Å². The Morgan fingerprint density at radius 2 is 2.00 bits per heavy atom. The topological polar surface area (TPSA) is 52.8 Å². The van der Waals surface area contributed by atoms with Crippen LogP contribution in [0.1, 0.15) is 5.56 Å². The summed E-state index contributed by atoms with van der Waals surface area (Å²) >= 11 is 7.40. The van der Waals surface area contributed by atoms with E-state index in [1.54, 1.807) is 31.1 Å². The van der Waals surface area contributed by atoms with Gasteiger partial charge in [-0.15, -0.1) is 10.2 Å². The average molecular weight is 347 g/mol. The van der Waals surface area contributed by atoms with Crippen LogP contribution in [0.3, 0.4) is 0 Å². The number of ether oxygens (including phenoxy) is 1. The quantitative estimate of drug-likeness (QED) is 0.519. The maximum absolute atomic E-state index is 5.80. The van der Waals surface area contributed by atoms with Gasteiger partial charge in [-0.1, -0.05) is 41.6 Å². The van der Waals surface area contributed by atoms with Crippen LogP contribution in [0.5, 0.6) is 5.75 Å². The maximum Gasteiger partial charge on any atom is 0.191 e. The molecule has 0 aliphatic carbocycles. The third-order valence-corrected chi connectivity index (χ3v) is 4.65. The molecule has 23 heavy (non-hydrogen) atoms. The number of thioether (sulfide) groups is 1. The first-order valence-corrected chi connectivity index (χ1v) is 8.31. The van der Waals surface area contributed by atoms with Crippen LogP contribution in [-0.4, -0.2) is 26.9 Å². The fourth-order valence-corrected chi connectivity index (χ4v) is 3.10. The Bertz CT molecular complexity index is 804. The van der Waals surface area contributed by atoms with E-state index in [1.807, 2.05) is 41.9 Å². The predicted octanol–water partition coefficient (Wildman–Crippen LogP) is 3.83. The lowest BCUT2D eigenvalue weighted by molar-refractivity contribution is 0.416. The summed E-state index contributed by atoms with van der Waals surface area (Å²) in [5, 5.41) is 9.90. The summed E-state index contributed by atoms with van der Waals surface area (Å²) in [6.45, 7) is 0. The lowest BCUT2D eigenvalue weighted by Gasteiger charge is -2.08. The molecule has 0 spiro atoms. The Hall–Kier alpha value is -2.05. The van der Waals surface area contributed by atoms with Gasteiger partial charge < -0.3 is 9.30 Å². The summed E-state index contributed by atoms with van der Waals surface area (Å²) in [6.07, 6.45) is 1.77. The number of benzene rings is 1. The van der Waals surface area contributed by atoms with Crippen LogP contribution in [-0.2, 0) is 12.8 Å². The summed E-state index contributed by atoms with van der Waals surface area (Å²) in [7, 11) is 3.60. The van der Waals surface area contributed by atoms with E-state index >= 15 is 0 Å². The van der Waals surface area contributed by atoms with Crippen LogP contribution in [0.4, 0.5) is 0 Å². The SMILES string of the molecule is COc1ccccc1-c1nnc(SCc2ccc(Cl)nc2)n1C. The largest absolute Gasteiger partial charge is 0.496 e. The van der Waals surface area contributed by atoms with Gasteiger partial charge in [-0.25, -0.2) is 4.98 Å². The first kappa shape index (κ1) is 15.8. The van der Waals surface area contributed by atoms with Gasteiger partial charge >= 0.3 is 0 Å². The van der Waals surface area contributed by atoms with E-state index in [-0.39, 0.29) is 0 Å². The molecule has 5 nitrogen and oxygen atoms in total. The summed E-state index contributed by atoms with van der Waals surface area (Å²) in [4.78, 5) is 4.08. The lowest BCUT2D eigenvalue weighted by atomic mass is 10.2. The van der Waals surface area contributed by atoms with Crippen molar-refractivity contribution in [2.45, 2.75) is 10.9 Å². The standard InChI is InChI=1S/C16H15ClN4OS/c1-21-15(12-5-3-4-6-13(12)22-2)19-20-16(21)23-10-11-7-8-14(17)18-9-11/h3-9H,10H2,1-2H3. The van der Waals surface area contributed by atoms with Crippen LogP contribution in [0.2, 0.25) is 5.15 Å². The molecule has 0 unspecified atom stereocenters. The Kier molecular flexibility index (Phi) is 4.83. The molecule has 7 heteroatoms. The summed E-state index contributed by atoms with van der Waals surface area (Å²) in [5.41, 5.74) is 2.01. The normalized spacial score (nSPS) is 10.7. The Morgan fingerprint density at radius 3 is 2.74 bits per heavy atom. The van der Waals surface area contributed by atoms with Crippen LogP contribution in [0.15, 0.2) is 47.8 Å². The molecule has 0 saturated heterocycles. The molecule has 118 valence electrons. The molecule has 0 amide bonds. The third-order valence-electron chi connectivity index (χ3n) is 3.34. The number of aromatic nitrogens is 4. The minimum atomic E-state index is 0.496. The highest BCUT2D eigenvalue weighted by Gasteiger charge is 2.14. The smallest absolute Gasteiger partial charge is 0.191 e. The molecule has 0 atom stereocenters. The number of para-hydroxylation sites is 1. The van der Waals surface area contributed by atoms with Gasteiger partial charge in [0.15, 0.2) is 11.0 Å². The highest BCUT2D eigenvalue weighted by molar-refractivity contribution is 7.98. The molecular weight excluding hydrogens is 332 g/mol. The first-order valence-electron chi connectivity index (χ1n) is 6.95. The Labute approximate surface area is 143 Å². The number of halogens is 1. The van der Waals surface area contributed by atoms with E-state index in [0.29, 0.717) is 5.15 Å². The zero-order valence-corrected chi connectivity index (χ0v) is 14.3. The molecule has 3 rings (SSSR count). The van der Waals surface area contributed by atoms with E-state index in [0.717, 1.165) is 33.6 Å². The van der Waals surface area contributed by atoms with Crippen molar-refractivity contribution < 1.29 is 4.74 Å². The molecule has 0 bridgehead atoms. The molecule has 0 aliphatic heterocycles. The number of pyridine rings is 1. The summed E-state index contributed by atoms with van der Waals surface area (Å²) in [5.74, 6) is 2.31. The maximum atomic E-state index is 5.80. The fraction of sp³-hybridized carbons (Fsp3) is 0.188. The second-order valence-corrected chi connectivity index (χ2v) is 6.17. The predicted molar refractivity (Wildman–Crippen MR) is 91.8 cm³/mol. The molecule has 0 aliphatic rings. The summed E-state index contributed by atoms with van der Waals surface area (Å²) < 4.78 is 7.36.